The van der Waals surface area contributed by atoms with Gasteiger partial charge in [-0.15, -0.1) is 5.06 Å². The molecular formula is C8H15N3O3S2. The van der Waals surface area contributed by atoms with E-state index in [2.05, 4.69) is 9.99 Å². The Labute approximate surface area is 104 Å². The topological polar surface area (TPSA) is 77.1 Å². The number of thiocarbonyl (C=S) groups is 1. The van der Waals surface area contributed by atoms with Gasteiger partial charge in [-0.05, 0) is 18.5 Å². The van der Waals surface area contributed by atoms with Crippen molar-refractivity contribution in [1.82, 2.24) is 5.06 Å². The van der Waals surface area contributed by atoms with Gasteiger partial charge in [-0.1, -0.05) is 5.16 Å². The van der Waals surface area contributed by atoms with Gasteiger partial charge < -0.3 is 10.6 Å². The van der Waals surface area contributed by atoms with Gasteiger partial charge in [0.15, 0.2) is 5.05 Å². The first-order chi connectivity index (χ1) is 7.61. The maximum Gasteiger partial charge on any atom is 0.469 e. The zero-order chi connectivity index (χ0) is 12.4. The number of nitrogens with zero attached hydrogens (tertiary/aromatic N) is 2. The predicted octanol–water partition coefficient (Wildman–Crippen LogP) is 1.01. The van der Waals surface area contributed by atoms with E-state index < -0.39 is 6.09 Å². The minimum Gasteiger partial charge on any atom is -0.367 e. The van der Waals surface area contributed by atoms with E-state index in [1.807, 2.05) is 6.26 Å². The van der Waals surface area contributed by atoms with Gasteiger partial charge in [0.25, 0.3) is 0 Å². The summed E-state index contributed by atoms with van der Waals surface area (Å²) in [7, 11) is 1.38. The number of hydrogen-bond acceptors (Lipinski definition) is 7. The summed E-state index contributed by atoms with van der Waals surface area (Å²) in [6.45, 7) is 0.369. The van der Waals surface area contributed by atoms with Crippen LogP contribution in [0.1, 0.15) is 6.42 Å². The van der Waals surface area contributed by atoms with Crippen molar-refractivity contribution in [2.45, 2.75) is 6.42 Å². The monoisotopic (exact) mass is 265 g/mol. The van der Waals surface area contributed by atoms with Crippen LogP contribution in [0, 0.1) is 0 Å². The number of hydrogen-bond donors (Lipinski definition) is 1. The third kappa shape index (κ3) is 7.43. The number of thioether (sulfide) groups is 1. The quantitative estimate of drug-likeness (QED) is 0.346. The number of carbonyl (C=O) groups excluding carboxylic acids is 1. The van der Waals surface area contributed by atoms with Crippen molar-refractivity contribution in [2.24, 2.45) is 10.9 Å². The smallest absolute Gasteiger partial charge is 0.367 e. The Kier molecular flexibility index (Phi) is 8.87. The highest BCUT2D eigenvalue weighted by atomic mass is 32.2. The molecular weight excluding hydrogens is 250 g/mol. The summed E-state index contributed by atoms with van der Waals surface area (Å²) in [6, 6.07) is 0. The normalized spacial score (nSPS) is 10.2. The molecule has 0 aliphatic rings. The van der Waals surface area contributed by atoms with Crippen molar-refractivity contribution in [3.8, 4) is 0 Å². The van der Waals surface area contributed by atoms with Gasteiger partial charge in [0.05, 0.1) is 13.3 Å². The van der Waals surface area contributed by atoms with Gasteiger partial charge in [-0.2, -0.15) is 11.8 Å². The lowest BCUT2D eigenvalue weighted by Gasteiger charge is -2.15. The average molecular weight is 265 g/mol. The van der Waals surface area contributed by atoms with Crippen LogP contribution in [-0.2, 0) is 9.68 Å². The second kappa shape index (κ2) is 9.37. The first-order valence-electron chi connectivity index (χ1n) is 4.48. The SMILES string of the molecule is CSCC=NOC(=O)N(C)OC(=S)CCN. The Hall–Kier alpha value is -0.860. The van der Waals surface area contributed by atoms with Crippen molar-refractivity contribution in [2.75, 3.05) is 25.6 Å². The maximum atomic E-state index is 11.2. The second-order valence-corrected chi connectivity index (χ2v) is 3.97. The number of hydroxylamine groups is 2. The van der Waals surface area contributed by atoms with E-state index in [1.54, 1.807) is 11.8 Å². The van der Waals surface area contributed by atoms with Crippen LogP contribution in [-0.4, -0.2) is 48.0 Å². The van der Waals surface area contributed by atoms with Crippen molar-refractivity contribution in [3.63, 3.8) is 0 Å². The van der Waals surface area contributed by atoms with E-state index >= 15 is 0 Å². The summed E-state index contributed by atoms with van der Waals surface area (Å²) in [4.78, 5) is 20.7. The number of oxime groups is 1. The predicted molar refractivity (Wildman–Crippen MR) is 68.5 cm³/mol. The highest BCUT2D eigenvalue weighted by molar-refractivity contribution is 7.99. The largest absolute Gasteiger partial charge is 0.469 e. The third-order valence-electron chi connectivity index (χ3n) is 1.29. The highest BCUT2D eigenvalue weighted by Crippen LogP contribution is 1.97. The van der Waals surface area contributed by atoms with Crippen LogP contribution in [0.5, 0.6) is 0 Å². The van der Waals surface area contributed by atoms with Crippen LogP contribution in [0.25, 0.3) is 0 Å². The molecule has 0 spiro atoms. The van der Waals surface area contributed by atoms with Crippen molar-refractivity contribution in [3.05, 3.63) is 0 Å². The summed E-state index contributed by atoms with van der Waals surface area (Å²) in [5, 5.41) is 4.55. The van der Waals surface area contributed by atoms with E-state index in [-0.39, 0.29) is 5.05 Å². The maximum absolute atomic E-state index is 11.2. The molecule has 0 saturated heterocycles. The standard InChI is InChI=1S/C8H15N3O3S2/c1-11(14-7(15)3-4-9)8(12)13-10-5-6-16-2/h5H,3-4,6,9H2,1-2H3. The van der Waals surface area contributed by atoms with Crippen LogP contribution >= 0.6 is 24.0 Å². The molecule has 0 saturated carbocycles. The van der Waals surface area contributed by atoms with Gasteiger partial charge in [0, 0.05) is 18.7 Å². The zero-order valence-corrected chi connectivity index (χ0v) is 10.8. The van der Waals surface area contributed by atoms with Crippen LogP contribution in [0.4, 0.5) is 4.79 Å². The van der Waals surface area contributed by atoms with E-state index in [1.165, 1.54) is 13.3 Å². The molecule has 0 atom stereocenters. The lowest BCUT2D eigenvalue weighted by atomic mass is 10.5. The molecule has 16 heavy (non-hydrogen) atoms. The first-order valence-corrected chi connectivity index (χ1v) is 6.28. The first kappa shape index (κ1) is 15.1. The Morgan fingerprint density at radius 3 is 2.94 bits per heavy atom. The molecule has 0 aliphatic carbocycles. The number of rotatable bonds is 5. The molecule has 8 heteroatoms. The van der Waals surface area contributed by atoms with E-state index in [9.17, 15) is 4.79 Å². The molecule has 0 fully saturated rings. The molecule has 0 radical (unpaired) electrons. The highest BCUT2D eigenvalue weighted by Gasteiger charge is 2.12. The molecule has 6 nitrogen and oxygen atoms in total. The van der Waals surface area contributed by atoms with Crippen LogP contribution in [0.3, 0.4) is 0 Å². The van der Waals surface area contributed by atoms with Crippen LogP contribution in [0.2, 0.25) is 0 Å². The van der Waals surface area contributed by atoms with Gasteiger partial charge in [-0.3, -0.25) is 4.84 Å². The molecule has 0 aromatic carbocycles. The Bertz CT molecular complexity index is 261. The summed E-state index contributed by atoms with van der Waals surface area (Å²) in [6.07, 6.45) is 3.06. The van der Waals surface area contributed by atoms with E-state index in [0.717, 1.165) is 5.06 Å². The summed E-state index contributed by atoms with van der Waals surface area (Å²) >= 11 is 6.37. The fourth-order valence-corrected chi connectivity index (χ4v) is 1.04. The average Bonchev–Trinajstić information content (AvgIpc) is 2.24. The van der Waals surface area contributed by atoms with Crippen molar-refractivity contribution < 1.29 is 14.5 Å². The molecule has 2 N–H and O–H groups in total. The van der Waals surface area contributed by atoms with Crippen LogP contribution in [0.15, 0.2) is 5.16 Å². The summed E-state index contributed by atoms with van der Waals surface area (Å²) in [5.74, 6) is 0.670. The molecule has 0 heterocycles. The molecule has 0 bridgehead atoms. The van der Waals surface area contributed by atoms with Gasteiger partial charge >= 0.3 is 6.09 Å². The van der Waals surface area contributed by atoms with Gasteiger partial charge in [0.2, 0.25) is 0 Å². The van der Waals surface area contributed by atoms with E-state index in [0.29, 0.717) is 18.7 Å². The minimum atomic E-state index is -0.739. The lowest BCUT2D eigenvalue weighted by molar-refractivity contribution is -0.0374. The Morgan fingerprint density at radius 1 is 1.69 bits per heavy atom. The van der Waals surface area contributed by atoms with Crippen molar-refractivity contribution in [1.29, 1.82) is 0 Å². The number of nitrogens with two attached hydrogens (primary N) is 1. The number of carbonyl (C=O) groups is 1. The van der Waals surface area contributed by atoms with Crippen molar-refractivity contribution >= 4 is 41.3 Å². The summed E-state index contributed by atoms with van der Waals surface area (Å²) < 4.78 is 0. The Morgan fingerprint density at radius 2 is 2.38 bits per heavy atom. The molecule has 0 rings (SSSR count). The van der Waals surface area contributed by atoms with Gasteiger partial charge in [0.1, 0.15) is 0 Å². The second-order valence-electron chi connectivity index (χ2n) is 2.60. The zero-order valence-electron chi connectivity index (χ0n) is 9.21. The molecule has 92 valence electrons. The fourth-order valence-electron chi connectivity index (χ4n) is 0.598. The van der Waals surface area contributed by atoms with E-state index in [4.69, 9.17) is 22.8 Å². The molecule has 0 aliphatic heterocycles. The third-order valence-corrected chi connectivity index (χ3v) is 2.05. The molecule has 0 unspecified atom stereocenters. The Balaban J connectivity index is 3.85. The van der Waals surface area contributed by atoms with Gasteiger partial charge in [-0.25, -0.2) is 4.79 Å². The summed E-state index contributed by atoms with van der Waals surface area (Å²) in [5.41, 5.74) is 5.27. The lowest BCUT2D eigenvalue weighted by Crippen LogP contribution is -2.29. The fraction of sp³-hybridized carbons (Fsp3) is 0.625. The molecule has 0 aromatic rings. The minimum absolute atomic E-state index is 0.232. The van der Waals surface area contributed by atoms with Crippen LogP contribution < -0.4 is 5.73 Å². The molecule has 1 amide bonds. The number of amides is 1. The molecule has 0 aromatic heterocycles.